The molecule has 1 aromatic carbocycles. The van der Waals surface area contributed by atoms with Gasteiger partial charge in [-0.15, -0.1) is 0 Å². The SMILES string of the molecule is CC1=CC(C)(C)CN1c1ccccc1. The fraction of sp³-hybridized carbons (Fsp3) is 0.385. The van der Waals surface area contributed by atoms with Crippen molar-refractivity contribution in [1.82, 2.24) is 0 Å². The van der Waals surface area contributed by atoms with Gasteiger partial charge in [0.05, 0.1) is 0 Å². The van der Waals surface area contributed by atoms with Gasteiger partial charge in [-0.25, -0.2) is 0 Å². The summed E-state index contributed by atoms with van der Waals surface area (Å²) in [6.07, 6.45) is 2.35. The summed E-state index contributed by atoms with van der Waals surface area (Å²) in [7, 11) is 0. The van der Waals surface area contributed by atoms with Gasteiger partial charge in [0.2, 0.25) is 0 Å². The van der Waals surface area contributed by atoms with Crippen molar-refractivity contribution >= 4 is 5.69 Å². The van der Waals surface area contributed by atoms with Crippen molar-refractivity contribution in [3.8, 4) is 0 Å². The molecule has 0 radical (unpaired) electrons. The highest BCUT2D eigenvalue weighted by atomic mass is 15.2. The molecule has 0 aromatic heterocycles. The number of para-hydroxylation sites is 1. The Morgan fingerprint density at radius 2 is 1.79 bits per heavy atom. The normalized spacial score (nSPS) is 19.6. The topological polar surface area (TPSA) is 3.24 Å². The lowest BCUT2D eigenvalue weighted by Crippen LogP contribution is -2.23. The highest BCUT2D eigenvalue weighted by Gasteiger charge is 2.27. The number of hydrogen-bond donors (Lipinski definition) is 0. The molecule has 1 aliphatic rings. The van der Waals surface area contributed by atoms with Crippen molar-refractivity contribution in [1.29, 1.82) is 0 Å². The standard InChI is InChI=1S/C13H17N/c1-11-9-13(2,3)10-14(11)12-7-5-4-6-8-12/h4-9H,10H2,1-3H3. The molecular weight excluding hydrogens is 170 g/mol. The molecule has 0 N–H and O–H groups in total. The summed E-state index contributed by atoms with van der Waals surface area (Å²) >= 11 is 0. The third-order valence-corrected chi connectivity index (χ3v) is 2.66. The molecule has 74 valence electrons. The first kappa shape index (κ1) is 9.32. The van der Waals surface area contributed by atoms with Crippen LogP contribution in [0.5, 0.6) is 0 Å². The second-order valence-electron chi connectivity index (χ2n) is 4.70. The lowest BCUT2D eigenvalue weighted by Gasteiger charge is -2.23. The van der Waals surface area contributed by atoms with E-state index in [2.05, 4.69) is 62.1 Å². The van der Waals surface area contributed by atoms with Crippen molar-refractivity contribution in [2.45, 2.75) is 20.8 Å². The van der Waals surface area contributed by atoms with Crippen LogP contribution in [0.15, 0.2) is 42.1 Å². The van der Waals surface area contributed by atoms with E-state index in [1.807, 2.05) is 0 Å². The Labute approximate surface area is 86.1 Å². The summed E-state index contributed by atoms with van der Waals surface area (Å²) in [5.74, 6) is 0. The minimum Gasteiger partial charge on any atom is -0.345 e. The Morgan fingerprint density at radius 3 is 2.29 bits per heavy atom. The van der Waals surface area contributed by atoms with Crippen LogP contribution in [0.4, 0.5) is 5.69 Å². The number of rotatable bonds is 1. The molecule has 2 rings (SSSR count). The molecule has 1 nitrogen and oxygen atoms in total. The largest absolute Gasteiger partial charge is 0.345 e. The predicted molar refractivity (Wildman–Crippen MR) is 61.3 cm³/mol. The Morgan fingerprint density at radius 1 is 1.14 bits per heavy atom. The quantitative estimate of drug-likeness (QED) is 0.651. The third-order valence-electron chi connectivity index (χ3n) is 2.66. The van der Waals surface area contributed by atoms with Crippen LogP contribution in [0.25, 0.3) is 0 Å². The lowest BCUT2D eigenvalue weighted by atomic mass is 9.95. The lowest BCUT2D eigenvalue weighted by molar-refractivity contribution is 0.516. The van der Waals surface area contributed by atoms with Gasteiger partial charge < -0.3 is 4.90 Å². The smallest absolute Gasteiger partial charge is 0.0408 e. The van der Waals surface area contributed by atoms with Gasteiger partial charge in [0.15, 0.2) is 0 Å². The summed E-state index contributed by atoms with van der Waals surface area (Å²) in [5, 5.41) is 0. The van der Waals surface area contributed by atoms with E-state index in [1.54, 1.807) is 0 Å². The predicted octanol–water partition coefficient (Wildman–Crippen LogP) is 3.44. The average Bonchev–Trinajstić information content (AvgIpc) is 2.41. The van der Waals surface area contributed by atoms with Crippen molar-refractivity contribution < 1.29 is 0 Å². The summed E-state index contributed by atoms with van der Waals surface area (Å²) in [5.41, 5.74) is 2.97. The Balaban J connectivity index is 2.28. The number of anilines is 1. The molecule has 0 unspecified atom stereocenters. The molecule has 0 saturated carbocycles. The maximum Gasteiger partial charge on any atom is 0.0408 e. The number of nitrogens with zero attached hydrogens (tertiary/aromatic N) is 1. The molecule has 1 aliphatic heterocycles. The van der Waals surface area contributed by atoms with Crippen LogP contribution < -0.4 is 4.90 Å². The van der Waals surface area contributed by atoms with Crippen molar-refractivity contribution in [3.05, 3.63) is 42.1 Å². The Kier molecular flexibility index (Phi) is 2.10. The maximum atomic E-state index is 2.38. The van der Waals surface area contributed by atoms with E-state index in [4.69, 9.17) is 0 Å². The zero-order chi connectivity index (χ0) is 10.2. The number of benzene rings is 1. The summed E-state index contributed by atoms with van der Waals surface area (Å²) in [6, 6.07) is 10.6. The number of allylic oxidation sites excluding steroid dienone is 1. The second kappa shape index (κ2) is 3.16. The zero-order valence-electron chi connectivity index (χ0n) is 9.12. The fourth-order valence-corrected chi connectivity index (χ4v) is 2.12. The van der Waals surface area contributed by atoms with Crippen LogP contribution in [0.1, 0.15) is 20.8 Å². The zero-order valence-corrected chi connectivity index (χ0v) is 9.12. The first-order valence-electron chi connectivity index (χ1n) is 5.11. The number of hydrogen-bond acceptors (Lipinski definition) is 1. The first-order chi connectivity index (χ1) is 6.58. The maximum absolute atomic E-state index is 2.38. The highest BCUT2D eigenvalue weighted by Crippen LogP contribution is 2.33. The summed E-state index contributed by atoms with van der Waals surface area (Å²) in [4.78, 5) is 2.38. The van der Waals surface area contributed by atoms with Crippen LogP contribution in [-0.2, 0) is 0 Å². The molecule has 0 atom stereocenters. The molecule has 0 saturated heterocycles. The summed E-state index contributed by atoms with van der Waals surface area (Å²) < 4.78 is 0. The molecule has 0 aliphatic carbocycles. The molecule has 0 spiro atoms. The van der Waals surface area contributed by atoms with Gasteiger partial charge in [-0.05, 0) is 19.1 Å². The molecule has 0 fully saturated rings. The highest BCUT2D eigenvalue weighted by molar-refractivity contribution is 5.54. The van der Waals surface area contributed by atoms with Gasteiger partial charge in [-0.2, -0.15) is 0 Å². The molecule has 14 heavy (non-hydrogen) atoms. The monoisotopic (exact) mass is 187 g/mol. The van der Waals surface area contributed by atoms with Crippen LogP contribution in [0.2, 0.25) is 0 Å². The molecule has 0 bridgehead atoms. The Hall–Kier alpha value is -1.24. The minimum absolute atomic E-state index is 0.305. The van der Waals surface area contributed by atoms with Crippen molar-refractivity contribution in [2.24, 2.45) is 5.41 Å². The van der Waals surface area contributed by atoms with Gasteiger partial charge >= 0.3 is 0 Å². The van der Waals surface area contributed by atoms with Gasteiger partial charge in [-0.1, -0.05) is 38.1 Å². The van der Waals surface area contributed by atoms with E-state index in [9.17, 15) is 0 Å². The van der Waals surface area contributed by atoms with E-state index in [0.717, 1.165) is 6.54 Å². The molecule has 1 heterocycles. The summed E-state index contributed by atoms with van der Waals surface area (Å²) in [6.45, 7) is 7.82. The average molecular weight is 187 g/mol. The molecule has 1 heteroatoms. The van der Waals surface area contributed by atoms with Gasteiger partial charge in [-0.3, -0.25) is 0 Å². The van der Waals surface area contributed by atoms with Crippen LogP contribution in [0.3, 0.4) is 0 Å². The van der Waals surface area contributed by atoms with Crippen LogP contribution in [0, 0.1) is 5.41 Å². The van der Waals surface area contributed by atoms with Gasteiger partial charge in [0.25, 0.3) is 0 Å². The van der Waals surface area contributed by atoms with E-state index < -0.39 is 0 Å². The van der Waals surface area contributed by atoms with Crippen LogP contribution >= 0.6 is 0 Å². The minimum atomic E-state index is 0.305. The van der Waals surface area contributed by atoms with E-state index in [-0.39, 0.29) is 0 Å². The molecule has 1 aromatic rings. The fourth-order valence-electron chi connectivity index (χ4n) is 2.12. The van der Waals surface area contributed by atoms with E-state index in [1.165, 1.54) is 11.4 Å². The third kappa shape index (κ3) is 1.67. The van der Waals surface area contributed by atoms with Gasteiger partial charge in [0.1, 0.15) is 0 Å². The second-order valence-corrected chi connectivity index (χ2v) is 4.70. The van der Waals surface area contributed by atoms with Crippen molar-refractivity contribution in [3.63, 3.8) is 0 Å². The van der Waals surface area contributed by atoms with E-state index in [0.29, 0.717) is 5.41 Å². The van der Waals surface area contributed by atoms with E-state index >= 15 is 0 Å². The van der Waals surface area contributed by atoms with Gasteiger partial charge in [0, 0.05) is 23.3 Å². The molecular formula is C13H17N. The Bertz CT molecular complexity index is 349. The van der Waals surface area contributed by atoms with Crippen LogP contribution in [-0.4, -0.2) is 6.54 Å². The first-order valence-corrected chi connectivity index (χ1v) is 5.11. The van der Waals surface area contributed by atoms with Crippen molar-refractivity contribution in [2.75, 3.05) is 11.4 Å². The molecule has 0 amide bonds.